The third kappa shape index (κ3) is 4.77. The van der Waals surface area contributed by atoms with Crippen LogP contribution in [-0.2, 0) is 9.47 Å². The van der Waals surface area contributed by atoms with Crippen molar-refractivity contribution >= 4 is 17.9 Å². The number of hydrogen-bond acceptors (Lipinski definition) is 5. The Labute approximate surface area is 138 Å². The highest BCUT2D eigenvalue weighted by Gasteiger charge is 2.39. The Bertz CT molecular complexity index is 386. The van der Waals surface area contributed by atoms with Crippen LogP contribution >= 0.6 is 11.8 Å². The molecule has 6 heteroatoms. The van der Waals surface area contributed by atoms with Gasteiger partial charge in [0.2, 0.25) is 0 Å². The zero-order valence-electron chi connectivity index (χ0n) is 14.4. The van der Waals surface area contributed by atoms with Crippen molar-refractivity contribution in [3.05, 3.63) is 0 Å². The summed E-state index contributed by atoms with van der Waals surface area (Å²) in [4.78, 5) is 14.0. The van der Waals surface area contributed by atoms with E-state index in [9.17, 15) is 4.79 Å². The van der Waals surface area contributed by atoms with E-state index in [1.165, 1.54) is 18.6 Å². The molecule has 0 aromatic rings. The molecule has 128 valence electrons. The SMILES string of the molecule is CO[C@H]1CN(C(=O)OC(C)(C)C)CC1NC1CCCSC1C. The van der Waals surface area contributed by atoms with E-state index in [-0.39, 0.29) is 18.2 Å². The van der Waals surface area contributed by atoms with Crippen LogP contribution in [-0.4, -0.2) is 66.0 Å². The Hall–Kier alpha value is -0.460. The molecule has 4 atom stereocenters. The molecule has 2 aliphatic rings. The second-order valence-electron chi connectivity index (χ2n) is 7.26. The summed E-state index contributed by atoms with van der Waals surface area (Å²) >= 11 is 2.02. The lowest BCUT2D eigenvalue weighted by atomic mass is 10.1. The summed E-state index contributed by atoms with van der Waals surface area (Å²) < 4.78 is 11.1. The Morgan fingerprint density at radius 2 is 2.00 bits per heavy atom. The molecule has 22 heavy (non-hydrogen) atoms. The monoisotopic (exact) mass is 330 g/mol. The maximum Gasteiger partial charge on any atom is 0.410 e. The summed E-state index contributed by atoms with van der Waals surface area (Å²) in [6.07, 6.45) is 2.25. The van der Waals surface area contributed by atoms with Gasteiger partial charge in [0.05, 0.1) is 18.7 Å². The van der Waals surface area contributed by atoms with Crippen LogP contribution in [0.4, 0.5) is 4.79 Å². The largest absolute Gasteiger partial charge is 0.444 e. The van der Waals surface area contributed by atoms with Crippen molar-refractivity contribution < 1.29 is 14.3 Å². The number of nitrogens with zero attached hydrogens (tertiary/aromatic N) is 1. The predicted octanol–water partition coefficient (Wildman–Crippen LogP) is 2.49. The van der Waals surface area contributed by atoms with Gasteiger partial charge in [0.25, 0.3) is 0 Å². The molecule has 2 heterocycles. The Balaban J connectivity index is 1.93. The average Bonchev–Trinajstić information content (AvgIpc) is 2.83. The molecule has 0 bridgehead atoms. The van der Waals surface area contributed by atoms with Crippen molar-refractivity contribution in [1.82, 2.24) is 10.2 Å². The molecule has 2 rings (SSSR count). The smallest absolute Gasteiger partial charge is 0.410 e. The van der Waals surface area contributed by atoms with E-state index in [1.54, 1.807) is 12.0 Å². The number of carbonyl (C=O) groups excluding carboxylic acids is 1. The number of ether oxygens (including phenoxy) is 2. The maximum absolute atomic E-state index is 12.2. The van der Waals surface area contributed by atoms with Crippen LogP contribution in [0.5, 0.6) is 0 Å². The highest BCUT2D eigenvalue weighted by Crippen LogP contribution is 2.27. The highest BCUT2D eigenvalue weighted by molar-refractivity contribution is 7.99. The number of nitrogens with one attached hydrogen (secondary N) is 1. The van der Waals surface area contributed by atoms with Crippen molar-refractivity contribution in [2.24, 2.45) is 0 Å². The summed E-state index contributed by atoms with van der Waals surface area (Å²) in [5.74, 6) is 1.25. The molecule has 0 saturated carbocycles. The van der Waals surface area contributed by atoms with Gasteiger partial charge in [-0.25, -0.2) is 4.79 Å². The first kappa shape index (κ1) is 17.9. The van der Waals surface area contributed by atoms with Crippen LogP contribution in [0.1, 0.15) is 40.5 Å². The van der Waals surface area contributed by atoms with Crippen LogP contribution in [0.3, 0.4) is 0 Å². The second kappa shape index (κ2) is 7.41. The fourth-order valence-corrected chi connectivity index (χ4v) is 4.22. The van der Waals surface area contributed by atoms with E-state index in [2.05, 4.69) is 12.2 Å². The molecule has 2 fully saturated rings. The van der Waals surface area contributed by atoms with Gasteiger partial charge >= 0.3 is 6.09 Å². The molecule has 0 radical (unpaired) electrons. The summed E-state index contributed by atoms with van der Waals surface area (Å²) in [7, 11) is 1.72. The van der Waals surface area contributed by atoms with Crippen molar-refractivity contribution in [1.29, 1.82) is 0 Å². The van der Waals surface area contributed by atoms with Gasteiger partial charge < -0.3 is 19.7 Å². The predicted molar refractivity (Wildman–Crippen MR) is 90.5 cm³/mol. The molecule has 5 nitrogen and oxygen atoms in total. The van der Waals surface area contributed by atoms with Gasteiger partial charge in [-0.15, -0.1) is 0 Å². The number of carbonyl (C=O) groups is 1. The van der Waals surface area contributed by atoms with Gasteiger partial charge in [-0.2, -0.15) is 11.8 Å². The van der Waals surface area contributed by atoms with Gasteiger partial charge in [-0.05, 0) is 39.4 Å². The molecule has 2 saturated heterocycles. The van der Waals surface area contributed by atoms with Gasteiger partial charge in [-0.3, -0.25) is 0 Å². The number of likely N-dealkylation sites (tertiary alicyclic amines) is 1. The zero-order chi connectivity index (χ0) is 16.3. The Morgan fingerprint density at radius 3 is 2.59 bits per heavy atom. The summed E-state index contributed by atoms with van der Waals surface area (Å²) in [6, 6.07) is 0.684. The van der Waals surface area contributed by atoms with E-state index >= 15 is 0 Å². The number of hydrogen-bond donors (Lipinski definition) is 1. The van der Waals surface area contributed by atoms with E-state index in [1.807, 2.05) is 32.5 Å². The number of rotatable bonds is 3. The quantitative estimate of drug-likeness (QED) is 0.861. The molecule has 0 spiro atoms. The van der Waals surface area contributed by atoms with Crippen LogP contribution in [0.25, 0.3) is 0 Å². The van der Waals surface area contributed by atoms with Gasteiger partial charge in [0.15, 0.2) is 0 Å². The van der Waals surface area contributed by atoms with Gasteiger partial charge in [0, 0.05) is 24.9 Å². The lowest BCUT2D eigenvalue weighted by Gasteiger charge is -2.33. The van der Waals surface area contributed by atoms with Crippen LogP contribution in [0, 0.1) is 0 Å². The minimum atomic E-state index is -0.459. The molecular formula is C16H30N2O3S. The standard InChI is InChI=1S/C16H30N2O3S/c1-11-12(7-6-8-22-11)17-13-9-18(10-14(13)20-5)15(19)21-16(2,3)4/h11-14,17H,6-10H2,1-5H3/t11?,12?,13?,14-/m0/s1. The second-order valence-corrected chi connectivity index (χ2v) is 8.74. The van der Waals surface area contributed by atoms with E-state index in [0.717, 1.165) is 0 Å². The summed E-state index contributed by atoms with van der Waals surface area (Å²) in [5, 5.41) is 4.33. The minimum Gasteiger partial charge on any atom is -0.444 e. The first-order valence-electron chi connectivity index (χ1n) is 8.18. The fourth-order valence-electron chi connectivity index (χ4n) is 3.07. The molecule has 1 N–H and O–H groups in total. The highest BCUT2D eigenvalue weighted by atomic mass is 32.2. The van der Waals surface area contributed by atoms with Crippen LogP contribution in [0.2, 0.25) is 0 Å². The molecule has 0 aromatic heterocycles. The average molecular weight is 330 g/mol. The molecular weight excluding hydrogens is 300 g/mol. The van der Waals surface area contributed by atoms with Gasteiger partial charge in [-0.1, -0.05) is 6.92 Å². The molecule has 1 amide bonds. The molecule has 0 aromatic carbocycles. The third-order valence-electron chi connectivity index (χ3n) is 4.26. The molecule has 0 aliphatic carbocycles. The van der Waals surface area contributed by atoms with Crippen molar-refractivity contribution in [2.75, 3.05) is 26.0 Å². The third-order valence-corrected chi connectivity index (χ3v) is 5.63. The molecule has 3 unspecified atom stereocenters. The van der Waals surface area contributed by atoms with Crippen LogP contribution < -0.4 is 5.32 Å². The number of amides is 1. The van der Waals surface area contributed by atoms with E-state index < -0.39 is 5.60 Å². The Morgan fingerprint density at radius 1 is 1.27 bits per heavy atom. The molecule has 2 aliphatic heterocycles. The van der Waals surface area contributed by atoms with Crippen molar-refractivity contribution in [3.8, 4) is 0 Å². The first-order valence-corrected chi connectivity index (χ1v) is 9.23. The lowest BCUT2D eigenvalue weighted by molar-refractivity contribution is 0.0252. The topological polar surface area (TPSA) is 50.8 Å². The maximum atomic E-state index is 12.2. The minimum absolute atomic E-state index is 0.0339. The van der Waals surface area contributed by atoms with E-state index in [0.29, 0.717) is 24.4 Å². The first-order chi connectivity index (χ1) is 10.3. The zero-order valence-corrected chi connectivity index (χ0v) is 15.2. The summed E-state index contributed by atoms with van der Waals surface area (Å²) in [6.45, 7) is 9.21. The number of methoxy groups -OCH3 is 1. The fraction of sp³-hybridized carbons (Fsp3) is 0.938. The van der Waals surface area contributed by atoms with E-state index in [4.69, 9.17) is 9.47 Å². The lowest BCUT2D eigenvalue weighted by Crippen LogP contribution is -2.50. The van der Waals surface area contributed by atoms with Crippen molar-refractivity contribution in [3.63, 3.8) is 0 Å². The number of thioether (sulfide) groups is 1. The van der Waals surface area contributed by atoms with Crippen molar-refractivity contribution in [2.45, 2.75) is 69.6 Å². The van der Waals surface area contributed by atoms with Gasteiger partial charge in [0.1, 0.15) is 5.60 Å². The summed E-state index contributed by atoms with van der Waals surface area (Å²) in [5.41, 5.74) is -0.459. The normalized spacial score (nSPS) is 33.0. The Kier molecular flexibility index (Phi) is 6.02. The van der Waals surface area contributed by atoms with Crippen LogP contribution in [0.15, 0.2) is 0 Å².